The van der Waals surface area contributed by atoms with Crippen molar-refractivity contribution >= 4 is 12.1 Å². The van der Waals surface area contributed by atoms with Gasteiger partial charge in [0.1, 0.15) is 6.61 Å². The number of rotatable bonds is 10. The van der Waals surface area contributed by atoms with E-state index in [0.717, 1.165) is 56.9 Å². The van der Waals surface area contributed by atoms with Crippen molar-refractivity contribution in [2.45, 2.75) is 58.3 Å². The Balaban J connectivity index is 1.04. The van der Waals surface area contributed by atoms with Crippen molar-refractivity contribution in [3.8, 4) is 0 Å². The van der Waals surface area contributed by atoms with Crippen molar-refractivity contribution in [2.75, 3.05) is 59.6 Å². The van der Waals surface area contributed by atoms with Crippen LogP contribution in [0.15, 0.2) is 0 Å². The van der Waals surface area contributed by atoms with Gasteiger partial charge in [-0.1, -0.05) is 6.92 Å². The van der Waals surface area contributed by atoms with Crippen LogP contribution in [0.25, 0.3) is 0 Å². The zero-order valence-corrected chi connectivity index (χ0v) is 20.1. The predicted molar refractivity (Wildman–Crippen MR) is 121 cm³/mol. The molecule has 4 saturated carbocycles. The zero-order valence-electron chi connectivity index (χ0n) is 20.1. The molecule has 0 aromatic rings. The molecule has 0 aromatic carbocycles. The number of carbonyl (C=O) groups is 2. The summed E-state index contributed by atoms with van der Waals surface area (Å²) in [4.78, 5) is 29.1. The smallest absolute Gasteiger partial charge is 0.465 e. The fourth-order valence-electron chi connectivity index (χ4n) is 6.91. The Morgan fingerprint density at radius 1 is 0.906 bits per heavy atom. The molecule has 0 radical (unpaired) electrons. The number of hydrogen-bond acceptors (Lipinski definition) is 7. The van der Waals surface area contributed by atoms with Gasteiger partial charge in [-0.3, -0.25) is 4.79 Å². The SMILES string of the molecule is CC(COC(=O)CC12CC3CC(CC(C3)C1)C2)COC(=O)OCCCN1CCN(C)CC1. The molecule has 4 bridgehead atoms. The Morgan fingerprint density at radius 3 is 2.12 bits per heavy atom. The monoisotopic (exact) mass is 450 g/mol. The van der Waals surface area contributed by atoms with Crippen LogP contribution in [0.3, 0.4) is 0 Å². The highest BCUT2D eigenvalue weighted by atomic mass is 16.7. The van der Waals surface area contributed by atoms with Crippen LogP contribution >= 0.6 is 0 Å². The molecule has 32 heavy (non-hydrogen) atoms. The molecule has 0 amide bonds. The fraction of sp³-hybridized carbons (Fsp3) is 0.920. The molecule has 5 fully saturated rings. The van der Waals surface area contributed by atoms with Crippen LogP contribution in [0.1, 0.15) is 58.3 Å². The lowest BCUT2D eigenvalue weighted by Crippen LogP contribution is -2.47. The van der Waals surface area contributed by atoms with Crippen molar-refractivity contribution in [2.24, 2.45) is 29.1 Å². The van der Waals surface area contributed by atoms with Gasteiger partial charge in [0.25, 0.3) is 0 Å². The summed E-state index contributed by atoms with van der Waals surface area (Å²) >= 11 is 0. The molecule has 4 aliphatic carbocycles. The van der Waals surface area contributed by atoms with E-state index >= 15 is 0 Å². The molecule has 0 spiro atoms. The van der Waals surface area contributed by atoms with Gasteiger partial charge in [0.2, 0.25) is 0 Å². The molecule has 5 rings (SSSR count). The van der Waals surface area contributed by atoms with Crippen molar-refractivity contribution in [3.63, 3.8) is 0 Å². The summed E-state index contributed by atoms with van der Waals surface area (Å²) < 4.78 is 16.0. The molecule has 0 aromatic heterocycles. The molecule has 182 valence electrons. The van der Waals surface area contributed by atoms with E-state index in [1.165, 1.54) is 38.5 Å². The van der Waals surface area contributed by atoms with Crippen molar-refractivity contribution in [1.29, 1.82) is 0 Å². The van der Waals surface area contributed by atoms with Gasteiger partial charge < -0.3 is 24.0 Å². The first-order valence-corrected chi connectivity index (χ1v) is 12.8. The number of hydrogen-bond donors (Lipinski definition) is 0. The largest absolute Gasteiger partial charge is 0.508 e. The second kappa shape index (κ2) is 10.7. The molecular formula is C25H42N2O5. The van der Waals surface area contributed by atoms with Crippen LogP contribution in [0.5, 0.6) is 0 Å². The molecule has 1 aliphatic heterocycles. The van der Waals surface area contributed by atoms with Gasteiger partial charge in [-0.25, -0.2) is 4.79 Å². The molecule has 1 saturated heterocycles. The molecule has 7 heteroatoms. The maximum absolute atomic E-state index is 12.5. The Kier molecular flexibility index (Phi) is 7.98. The second-order valence-corrected chi connectivity index (χ2v) is 11.3. The number of piperazine rings is 1. The Bertz CT molecular complexity index is 611. The van der Waals surface area contributed by atoms with E-state index in [9.17, 15) is 9.59 Å². The summed E-state index contributed by atoms with van der Waals surface area (Å²) in [5, 5.41) is 0. The highest BCUT2D eigenvalue weighted by molar-refractivity contribution is 5.70. The Hall–Kier alpha value is -1.34. The molecule has 1 heterocycles. The topological polar surface area (TPSA) is 68.3 Å². The summed E-state index contributed by atoms with van der Waals surface area (Å²) in [7, 11) is 2.14. The predicted octanol–water partition coefficient (Wildman–Crippen LogP) is 3.56. The normalized spacial score (nSPS) is 33.1. The average molecular weight is 451 g/mol. The summed E-state index contributed by atoms with van der Waals surface area (Å²) in [6.45, 7) is 8.07. The zero-order chi connectivity index (χ0) is 22.6. The van der Waals surface area contributed by atoms with Crippen molar-refractivity contribution in [1.82, 2.24) is 9.80 Å². The molecular weight excluding hydrogens is 408 g/mol. The van der Waals surface area contributed by atoms with E-state index < -0.39 is 6.16 Å². The van der Waals surface area contributed by atoms with E-state index in [1.54, 1.807) is 0 Å². The van der Waals surface area contributed by atoms with Crippen LogP contribution in [-0.2, 0) is 19.0 Å². The third-order valence-electron chi connectivity index (χ3n) is 8.13. The second-order valence-electron chi connectivity index (χ2n) is 11.3. The maximum atomic E-state index is 12.5. The van der Waals surface area contributed by atoms with Crippen LogP contribution in [-0.4, -0.2) is 81.5 Å². The van der Waals surface area contributed by atoms with Gasteiger partial charge in [0, 0.05) is 38.6 Å². The summed E-state index contributed by atoms with van der Waals surface area (Å²) in [5.74, 6) is 2.41. The van der Waals surface area contributed by atoms with Gasteiger partial charge in [0.15, 0.2) is 0 Å². The molecule has 7 nitrogen and oxygen atoms in total. The van der Waals surface area contributed by atoms with Gasteiger partial charge >= 0.3 is 12.1 Å². The van der Waals surface area contributed by atoms with Crippen molar-refractivity contribution < 1.29 is 23.8 Å². The van der Waals surface area contributed by atoms with Gasteiger partial charge in [-0.05, 0) is 75.2 Å². The maximum Gasteiger partial charge on any atom is 0.508 e. The summed E-state index contributed by atoms with van der Waals surface area (Å²) in [6.07, 6.45) is 8.55. The van der Waals surface area contributed by atoms with E-state index in [-0.39, 0.29) is 23.9 Å². The number of esters is 1. The minimum absolute atomic E-state index is 0.0341. The highest BCUT2D eigenvalue weighted by Gasteiger charge is 2.51. The van der Waals surface area contributed by atoms with E-state index in [1.807, 2.05) is 6.92 Å². The van der Waals surface area contributed by atoms with Crippen molar-refractivity contribution in [3.05, 3.63) is 0 Å². The van der Waals surface area contributed by atoms with E-state index in [4.69, 9.17) is 14.2 Å². The van der Waals surface area contributed by atoms with E-state index in [0.29, 0.717) is 19.6 Å². The number of carbonyl (C=O) groups excluding carboxylic acids is 2. The van der Waals surface area contributed by atoms with Crippen LogP contribution < -0.4 is 0 Å². The number of likely N-dealkylation sites (N-methyl/N-ethyl adjacent to an activating group) is 1. The first-order chi connectivity index (χ1) is 15.4. The van der Waals surface area contributed by atoms with Crippen LogP contribution in [0.2, 0.25) is 0 Å². The van der Waals surface area contributed by atoms with Crippen LogP contribution in [0, 0.1) is 29.1 Å². The number of ether oxygens (including phenoxy) is 3. The Labute approximate surface area is 193 Å². The van der Waals surface area contributed by atoms with Gasteiger partial charge in [-0.2, -0.15) is 0 Å². The first-order valence-electron chi connectivity index (χ1n) is 12.8. The quantitative estimate of drug-likeness (QED) is 0.372. The summed E-state index contributed by atoms with van der Waals surface area (Å²) in [5.41, 5.74) is 0.208. The lowest BCUT2D eigenvalue weighted by Gasteiger charge is -2.56. The number of nitrogens with zero attached hydrogens (tertiary/aromatic N) is 2. The fourth-order valence-corrected chi connectivity index (χ4v) is 6.91. The third kappa shape index (κ3) is 6.60. The molecule has 1 atom stereocenters. The molecule has 1 unspecified atom stereocenters. The lowest BCUT2D eigenvalue weighted by atomic mass is 9.49. The first kappa shape index (κ1) is 23.8. The minimum atomic E-state index is -0.630. The highest BCUT2D eigenvalue weighted by Crippen LogP contribution is 2.61. The lowest BCUT2D eigenvalue weighted by molar-refractivity contribution is -0.153. The standard InChI is InChI=1S/C25H42N2O5/c1-19(18-32-24(29)30-9-3-4-27-7-5-26(2)6-8-27)17-31-23(28)16-25-13-20-10-21(14-25)12-22(11-20)15-25/h19-22H,3-18H2,1-2H3. The summed E-state index contributed by atoms with van der Waals surface area (Å²) in [6, 6.07) is 0. The molecule has 0 N–H and O–H groups in total. The average Bonchev–Trinajstić information content (AvgIpc) is 2.74. The van der Waals surface area contributed by atoms with E-state index in [2.05, 4.69) is 16.8 Å². The van der Waals surface area contributed by atoms with Gasteiger partial charge in [0.05, 0.1) is 19.6 Å². The molecule has 5 aliphatic rings. The van der Waals surface area contributed by atoms with Gasteiger partial charge in [-0.15, -0.1) is 0 Å². The third-order valence-corrected chi connectivity index (χ3v) is 8.13. The van der Waals surface area contributed by atoms with Crippen LogP contribution in [0.4, 0.5) is 4.79 Å². The Morgan fingerprint density at radius 2 is 1.50 bits per heavy atom. The minimum Gasteiger partial charge on any atom is -0.465 e.